The Morgan fingerprint density at radius 3 is 2.90 bits per heavy atom. The van der Waals surface area contributed by atoms with Gasteiger partial charge in [0.15, 0.2) is 0 Å². The first-order valence-corrected chi connectivity index (χ1v) is 7.33. The molecule has 0 aliphatic heterocycles. The Labute approximate surface area is 121 Å². The van der Waals surface area contributed by atoms with Crippen LogP contribution in [-0.2, 0) is 9.47 Å². The van der Waals surface area contributed by atoms with Crippen LogP contribution in [0.15, 0.2) is 24.3 Å². The summed E-state index contributed by atoms with van der Waals surface area (Å²) in [6, 6.07) is 8.61. The summed E-state index contributed by atoms with van der Waals surface area (Å²) in [7, 11) is 3.48. The maximum absolute atomic E-state index is 5.63. The highest BCUT2D eigenvalue weighted by molar-refractivity contribution is 5.48. The van der Waals surface area contributed by atoms with E-state index in [0.717, 1.165) is 17.9 Å². The second-order valence-corrected chi connectivity index (χ2v) is 5.23. The van der Waals surface area contributed by atoms with E-state index in [9.17, 15) is 0 Å². The molecular weight excluding hydrogens is 254 g/mol. The first-order chi connectivity index (χ1) is 9.81. The van der Waals surface area contributed by atoms with E-state index in [1.165, 1.54) is 19.3 Å². The van der Waals surface area contributed by atoms with E-state index in [1.807, 2.05) is 18.2 Å². The number of nitrogens with one attached hydrogen (secondary N) is 1. The molecule has 2 unspecified atom stereocenters. The van der Waals surface area contributed by atoms with E-state index >= 15 is 0 Å². The van der Waals surface area contributed by atoms with Gasteiger partial charge in [-0.25, -0.2) is 0 Å². The molecule has 4 nitrogen and oxygen atoms in total. The lowest BCUT2D eigenvalue weighted by atomic mass is 9.92. The molecule has 112 valence electrons. The predicted octanol–water partition coefficient (Wildman–Crippen LogP) is 3.08. The van der Waals surface area contributed by atoms with Crippen LogP contribution in [0.3, 0.4) is 0 Å². The predicted molar refractivity (Wildman–Crippen MR) is 80.5 cm³/mol. The van der Waals surface area contributed by atoms with Crippen LogP contribution >= 0.6 is 0 Å². The fourth-order valence-corrected chi connectivity index (χ4v) is 2.64. The Balaban J connectivity index is 1.87. The molecule has 1 aromatic carbocycles. The average molecular weight is 279 g/mol. The third-order valence-corrected chi connectivity index (χ3v) is 3.72. The summed E-state index contributed by atoms with van der Waals surface area (Å²) in [6.07, 6.45) is 5.07. The Morgan fingerprint density at radius 1 is 1.20 bits per heavy atom. The molecule has 0 bridgehead atoms. The summed E-state index contributed by atoms with van der Waals surface area (Å²) in [5.41, 5.74) is 1.11. The minimum absolute atomic E-state index is 0.391. The van der Waals surface area contributed by atoms with E-state index in [1.54, 1.807) is 14.2 Å². The van der Waals surface area contributed by atoms with Crippen LogP contribution in [0.1, 0.15) is 25.7 Å². The van der Waals surface area contributed by atoms with Gasteiger partial charge in [-0.2, -0.15) is 0 Å². The summed E-state index contributed by atoms with van der Waals surface area (Å²) in [6.45, 7) is 1.19. The zero-order valence-electron chi connectivity index (χ0n) is 12.4. The van der Waals surface area contributed by atoms with Crippen molar-refractivity contribution < 1.29 is 14.2 Å². The van der Waals surface area contributed by atoms with Gasteiger partial charge in [0.25, 0.3) is 0 Å². The molecule has 1 N–H and O–H groups in total. The quantitative estimate of drug-likeness (QED) is 0.779. The molecule has 0 aromatic heterocycles. The van der Waals surface area contributed by atoms with Gasteiger partial charge in [-0.05, 0) is 37.8 Å². The maximum atomic E-state index is 5.63. The summed E-state index contributed by atoms with van der Waals surface area (Å²) < 4.78 is 16.1. The van der Waals surface area contributed by atoms with Crippen LogP contribution in [-0.4, -0.2) is 39.6 Å². The van der Waals surface area contributed by atoms with Crippen LogP contribution in [0.25, 0.3) is 0 Å². The van der Waals surface area contributed by atoms with E-state index < -0.39 is 0 Å². The van der Waals surface area contributed by atoms with Gasteiger partial charge >= 0.3 is 0 Å². The standard InChI is InChI=1S/C16H25NO3/c1-18-9-10-20-16-8-4-6-14(12-16)17-13-5-3-7-15(11-13)19-2/h4,6,8,12-13,15,17H,3,5,7,9-11H2,1-2H3. The van der Waals surface area contributed by atoms with Crippen molar-refractivity contribution in [2.45, 2.75) is 37.8 Å². The van der Waals surface area contributed by atoms with Gasteiger partial charge < -0.3 is 19.5 Å². The maximum Gasteiger partial charge on any atom is 0.121 e. The molecule has 0 saturated heterocycles. The summed E-state index contributed by atoms with van der Waals surface area (Å²) >= 11 is 0. The number of hydrogen-bond donors (Lipinski definition) is 1. The van der Waals surface area contributed by atoms with Crippen LogP contribution in [0.2, 0.25) is 0 Å². The first-order valence-electron chi connectivity index (χ1n) is 7.33. The van der Waals surface area contributed by atoms with Gasteiger partial charge in [-0.1, -0.05) is 6.07 Å². The SMILES string of the molecule is COCCOc1cccc(NC2CCCC(OC)C2)c1. The van der Waals surface area contributed by atoms with Gasteiger partial charge in [-0.3, -0.25) is 0 Å². The second kappa shape index (κ2) is 8.12. The van der Waals surface area contributed by atoms with Crippen LogP contribution in [0.4, 0.5) is 5.69 Å². The molecule has 0 heterocycles. The number of hydrogen-bond acceptors (Lipinski definition) is 4. The lowest BCUT2D eigenvalue weighted by Crippen LogP contribution is -2.30. The van der Waals surface area contributed by atoms with Gasteiger partial charge in [0.05, 0.1) is 12.7 Å². The topological polar surface area (TPSA) is 39.7 Å². The smallest absolute Gasteiger partial charge is 0.121 e. The molecule has 0 radical (unpaired) electrons. The molecule has 0 spiro atoms. The first kappa shape index (κ1) is 15.1. The second-order valence-electron chi connectivity index (χ2n) is 5.23. The molecule has 1 fully saturated rings. The molecule has 2 rings (SSSR count). The Morgan fingerprint density at radius 2 is 2.10 bits per heavy atom. The fourth-order valence-electron chi connectivity index (χ4n) is 2.64. The Kier molecular flexibility index (Phi) is 6.15. The molecule has 2 atom stereocenters. The van der Waals surface area contributed by atoms with Crippen molar-refractivity contribution in [3.8, 4) is 5.75 Å². The largest absolute Gasteiger partial charge is 0.491 e. The number of ether oxygens (including phenoxy) is 3. The Hall–Kier alpha value is -1.26. The van der Waals surface area contributed by atoms with Crippen molar-refractivity contribution in [1.82, 2.24) is 0 Å². The number of rotatable bonds is 7. The van der Waals surface area contributed by atoms with Gasteiger partial charge in [-0.15, -0.1) is 0 Å². The number of benzene rings is 1. The molecular formula is C16H25NO3. The lowest BCUT2D eigenvalue weighted by molar-refractivity contribution is 0.0669. The number of methoxy groups -OCH3 is 2. The van der Waals surface area contributed by atoms with Crippen LogP contribution in [0, 0.1) is 0 Å². The van der Waals surface area contributed by atoms with Crippen molar-refractivity contribution in [2.24, 2.45) is 0 Å². The average Bonchev–Trinajstić information content (AvgIpc) is 2.48. The van der Waals surface area contributed by atoms with Gasteiger partial charge in [0.2, 0.25) is 0 Å². The highest BCUT2D eigenvalue weighted by Gasteiger charge is 2.21. The third kappa shape index (κ3) is 4.69. The minimum Gasteiger partial charge on any atom is -0.491 e. The van der Waals surface area contributed by atoms with E-state index in [2.05, 4.69) is 11.4 Å². The van der Waals surface area contributed by atoms with Crippen molar-refractivity contribution in [3.63, 3.8) is 0 Å². The molecule has 1 aliphatic carbocycles. The Bertz CT molecular complexity index is 397. The molecule has 0 amide bonds. The minimum atomic E-state index is 0.391. The molecule has 20 heavy (non-hydrogen) atoms. The molecule has 4 heteroatoms. The fraction of sp³-hybridized carbons (Fsp3) is 0.625. The third-order valence-electron chi connectivity index (χ3n) is 3.72. The monoisotopic (exact) mass is 279 g/mol. The van der Waals surface area contributed by atoms with Crippen molar-refractivity contribution in [2.75, 3.05) is 32.8 Å². The highest BCUT2D eigenvalue weighted by atomic mass is 16.5. The van der Waals surface area contributed by atoms with Crippen LogP contribution < -0.4 is 10.1 Å². The molecule has 1 saturated carbocycles. The summed E-state index contributed by atoms with van der Waals surface area (Å²) in [4.78, 5) is 0. The summed E-state index contributed by atoms with van der Waals surface area (Å²) in [5.74, 6) is 0.881. The normalized spacial score (nSPS) is 22.5. The molecule has 1 aliphatic rings. The van der Waals surface area contributed by atoms with Crippen molar-refractivity contribution in [3.05, 3.63) is 24.3 Å². The summed E-state index contributed by atoms with van der Waals surface area (Å²) in [5, 5.41) is 3.58. The van der Waals surface area contributed by atoms with E-state index in [-0.39, 0.29) is 0 Å². The van der Waals surface area contributed by atoms with E-state index in [0.29, 0.717) is 25.4 Å². The zero-order chi connectivity index (χ0) is 14.2. The van der Waals surface area contributed by atoms with Gasteiger partial charge in [0.1, 0.15) is 12.4 Å². The van der Waals surface area contributed by atoms with Crippen molar-refractivity contribution >= 4 is 5.69 Å². The van der Waals surface area contributed by atoms with Crippen LogP contribution in [0.5, 0.6) is 5.75 Å². The van der Waals surface area contributed by atoms with Gasteiger partial charge in [0, 0.05) is 32.0 Å². The zero-order valence-corrected chi connectivity index (χ0v) is 12.4. The molecule has 1 aromatic rings. The van der Waals surface area contributed by atoms with E-state index in [4.69, 9.17) is 14.2 Å². The lowest BCUT2D eigenvalue weighted by Gasteiger charge is -2.29. The highest BCUT2D eigenvalue weighted by Crippen LogP contribution is 2.25. The van der Waals surface area contributed by atoms with Crippen molar-refractivity contribution in [1.29, 1.82) is 0 Å². The number of anilines is 1.